The van der Waals surface area contributed by atoms with E-state index in [9.17, 15) is 8.42 Å². The Labute approximate surface area is 130 Å². The summed E-state index contributed by atoms with van der Waals surface area (Å²) >= 11 is 8.89. The molecule has 106 valence electrons. The van der Waals surface area contributed by atoms with Crippen molar-refractivity contribution in [2.24, 2.45) is 0 Å². The minimum atomic E-state index is -3.77. The molecule has 5 nitrogen and oxygen atoms in total. The number of aromatic nitrogens is 1. The second-order valence-corrected chi connectivity index (χ2v) is 6.64. The number of methoxy groups -OCH3 is 1. The van der Waals surface area contributed by atoms with Gasteiger partial charge >= 0.3 is 0 Å². The quantitative estimate of drug-likeness (QED) is 0.830. The number of sulfonamides is 1. The number of pyridine rings is 1. The first-order valence-electron chi connectivity index (χ1n) is 5.41. The average Bonchev–Trinajstić information content (AvgIpc) is 2.42. The minimum absolute atomic E-state index is 0.000295. The van der Waals surface area contributed by atoms with Gasteiger partial charge in [-0.3, -0.25) is 4.72 Å². The van der Waals surface area contributed by atoms with Crippen LogP contribution in [0.2, 0.25) is 5.15 Å². The van der Waals surface area contributed by atoms with Crippen LogP contribution < -0.4 is 9.46 Å². The van der Waals surface area contributed by atoms with Crippen LogP contribution in [0.1, 0.15) is 0 Å². The summed E-state index contributed by atoms with van der Waals surface area (Å²) in [4.78, 5) is 3.80. The highest BCUT2D eigenvalue weighted by molar-refractivity contribution is 9.10. The summed E-state index contributed by atoms with van der Waals surface area (Å²) < 4.78 is 32.5. The first-order valence-corrected chi connectivity index (χ1v) is 8.06. The van der Waals surface area contributed by atoms with Gasteiger partial charge in [0.05, 0.1) is 17.3 Å². The Balaban J connectivity index is 2.38. The standard InChI is InChI=1S/C12H10BrClN2O3S/c1-19-11-5-3-2-4-10(11)16-20(17,18)8-6-9(13)12(14)15-7-8/h2-7,16H,1H3. The summed E-state index contributed by atoms with van der Waals surface area (Å²) in [5.41, 5.74) is 0.348. The molecule has 0 amide bonds. The number of ether oxygens (including phenoxy) is 1. The third-order valence-corrected chi connectivity index (χ3v) is 4.90. The van der Waals surface area contributed by atoms with Gasteiger partial charge in [0.1, 0.15) is 15.8 Å². The van der Waals surface area contributed by atoms with Gasteiger partial charge in [0.15, 0.2) is 0 Å². The van der Waals surface area contributed by atoms with Crippen LogP contribution in [0.25, 0.3) is 0 Å². The van der Waals surface area contributed by atoms with Crippen LogP contribution in [0.4, 0.5) is 5.69 Å². The van der Waals surface area contributed by atoms with Gasteiger partial charge in [-0.2, -0.15) is 0 Å². The molecule has 0 saturated carbocycles. The first kappa shape index (κ1) is 15.1. The van der Waals surface area contributed by atoms with Crippen LogP contribution in [0.15, 0.2) is 45.9 Å². The lowest BCUT2D eigenvalue weighted by molar-refractivity contribution is 0.417. The number of hydrogen-bond acceptors (Lipinski definition) is 4. The Kier molecular flexibility index (Phi) is 4.52. The van der Waals surface area contributed by atoms with Gasteiger partial charge in [0.2, 0.25) is 0 Å². The molecule has 1 N–H and O–H groups in total. The van der Waals surface area contributed by atoms with E-state index in [0.717, 1.165) is 0 Å². The van der Waals surface area contributed by atoms with Crippen molar-refractivity contribution in [2.45, 2.75) is 4.90 Å². The number of hydrogen-bond donors (Lipinski definition) is 1. The fourth-order valence-electron chi connectivity index (χ4n) is 1.48. The molecule has 0 aliphatic heterocycles. The molecule has 0 fully saturated rings. The lowest BCUT2D eigenvalue weighted by Gasteiger charge is -2.11. The number of nitrogens with one attached hydrogen (secondary N) is 1. The third kappa shape index (κ3) is 3.23. The third-order valence-electron chi connectivity index (χ3n) is 2.43. The van der Waals surface area contributed by atoms with E-state index in [4.69, 9.17) is 16.3 Å². The van der Waals surface area contributed by atoms with Gasteiger partial charge in [-0.15, -0.1) is 0 Å². The van der Waals surface area contributed by atoms with Gasteiger partial charge in [-0.1, -0.05) is 23.7 Å². The summed E-state index contributed by atoms with van der Waals surface area (Å²) in [6, 6.07) is 8.10. The van der Waals surface area contributed by atoms with Crippen molar-refractivity contribution >= 4 is 43.2 Å². The van der Waals surface area contributed by atoms with Gasteiger partial charge in [0.25, 0.3) is 10.0 Å². The van der Waals surface area contributed by atoms with Gasteiger partial charge in [-0.25, -0.2) is 13.4 Å². The van der Waals surface area contributed by atoms with Crippen molar-refractivity contribution in [1.29, 1.82) is 0 Å². The van der Waals surface area contributed by atoms with Crippen molar-refractivity contribution in [3.8, 4) is 5.75 Å². The molecule has 0 saturated heterocycles. The average molecular weight is 378 g/mol. The molecule has 0 bridgehead atoms. The second kappa shape index (κ2) is 5.99. The van der Waals surface area contributed by atoms with E-state index < -0.39 is 10.0 Å². The molecule has 0 spiro atoms. The summed E-state index contributed by atoms with van der Waals surface area (Å²) in [5.74, 6) is 0.428. The monoisotopic (exact) mass is 376 g/mol. The fraction of sp³-hybridized carbons (Fsp3) is 0.0833. The van der Waals surface area contributed by atoms with E-state index >= 15 is 0 Å². The van der Waals surface area contributed by atoms with Gasteiger partial charge in [0, 0.05) is 6.20 Å². The van der Waals surface area contributed by atoms with Crippen molar-refractivity contribution in [2.75, 3.05) is 11.8 Å². The molecule has 1 heterocycles. The predicted octanol–water partition coefficient (Wildman–Crippen LogP) is 3.31. The van der Waals surface area contributed by atoms with E-state index in [2.05, 4.69) is 25.6 Å². The number of nitrogens with zero attached hydrogens (tertiary/aromatic N) is 1. The van der Waals surface area contributed by atoms with E-state index in [-0.39, 0.29) is 10.0 Å². The van der Waals surface area contributed by atoms with Crippen molar-refractivity contribution < 1.29 is 13.2 Å². The highest BCUT2D eigenvalue weighted by atomic mass is 79.9. The Hall–Kier alpha value is -1.31. The summed E-state index contributed by atoms with van der Waals surface area (Å²) in [7, 11) is -2.30. The molecule has 2 aromatic rings. The Morgan fingerprint density at radius 2 is 2.05 bits per heavy atom. The van der Waals surface area contributed by atoms with E-state index in [1.807, 2.05) is 0 Å². The topological polar surface area (TPSA) is 68.3 Å². The largest absolute Gasteiger partial charge is 0.495 e. The molecule has 20 heavy (non-hydrogen) atoms. The predicted molar refractivity (Wildman–Crippen MR) is 80.7 cm³/mol. The maximum absolute atomic E-state index is 12.3. The zero-order chi connectivity index (χ0) is 14.8. The van der Waals surface area contributed by atoms with E-state index in [1.54, 1.807) is 24.3 Å². The molecule has 0 radical (unpaired) electrons. The molecular weight excluding hydrogens is 368 g/mol. The molecule has 1 aromatic carbocycles. The van der Waals surface area contributed by atoms with Crippen LogP contribution >= 0.6 is 27.5 Å². The van der Waals surface area contributed by atoms with Gasteiger partial charge in [-0.05, 0) is 34.1 Å². The van der Waals surface area contributed by atoms with E-state index in [0.29, 0.717) is 15.9 Å². The minimum Gasteiger partial charge on any atom is -0.495 e. The van der Waals surface area contributed by atoms with Crippen molar-refractivity contribution in [1.82, 2.24) is 4.98 Å². The van der Waals surface area contributed by atoms with Crippen LogP contribution in [-0.2, 0) is 10.0 Å². The van der Waals surface area contributed by atoms with Gasteiger partial charge < -0.3 is 4.74 Å². The number of halogens is 2. The van der Waals surface area contributed by atoms with Crippen molar-refractivity contribution in [3.63, 3.8) is 0 Å². The highest BCUT2D eigenvalue weighted by Gasteiger charge is 2.18. The summed E-state index contributed by atoms with van der Waals surface area (Å²) in [6.07, 6.45) is 1.19. The van der Waals surface area contributed by atoms with Crippen LogP contribution in [0.3, 0.4) is 0 Å². The fourth-order valence-corrected chi connectivity index (χ4v) is 3.13. The molecule has 1 aromatic heterocycles. The maximum atomic E-state index is 12.3. The molecule has 0 aliphatic carbocycles. The molecule has 0 aliphatic rings. The molecule has 8 heteroatoms. The second-order valence-electron chi connectivity index (χ2n) is 3.75. The van der Waals surface area contributed by atoms with E-state index in [1.165, 1.54) is 19.4 Å². The smallest absolute Gasteiger partial charge is 0.263 e. The lowest BCUT2D eigenvalue weighted by atomic mass is 10.3. The summed E-state index contributed by atoms with van der Waals surface area (Å²) in [5, 5.41) is 0.196. The highest BCUT2D eigenvalue weighted by Crippen LogP contribution is 2.28. The van der Waals surface area contributed by atoms with Crippen LogP contribution in [0.5, 0.6) is 5.75 Å². The normalized spacial score (nSPS) is 11.2. The Bertz CT molecular complexity index is 737. The zero-order valence-corrected chi connectivity index (χ0v) is 13.5. The maximum Gasteiger partial charge on any atom is 0.263 e. The number of anilines is 1. The molecule has 0 atom stereocenters. The molecule has 0 unspecified atom stereocenters. The number of rotatable bonds is 4. The molecular formula is C12H10BrClN2O3S. The van der Waals surface area contributed by atoms with Crippen LogP contribution in [0, 0.1) is 0 Å². The number of para-hydroxylation sites is 2. The zero-order valence-electron chi connectivity index (χ0n) is 10.3. The Morgan fingerprint density at radius 3 is 2.70 bits per heavy atom. The lowest BCUT2D eigenvalue weighted by Crippen LogP contribution is -2.14. The van der Waals surface area contributed by atoms with Crippen LogP contribution in [-0.4, -0.2) is 20.5 Å². The Morgan fingerprint density at radius 1 is 1.35 bits per heavy atom. The summed E-state index contributed by atoms with van der Waals surface area (Å²) in [6.45, 7) is 0. The first-order chi connectivity index (χ1) is 9.44. The molecule has 2 rings (SSSR count). The number of benzene rings is 1. The van der Waals surface area contributed by atoms with Crippen molar-refractivity contribution in [3.05, 3.63) is 46.2 Å². The SMILES string of the molecule is COc1ccccc1NS(=O)(=O)c1cnc(Cl)c(Br)c1.